The fourth-order valence-corrected chi connectivity index (χ4v) is 1.06. The summed E-state index contributed by atoms with van der Waals surface area (Å²) in [6.45, 7) is 0. The number of nitrogens with zero attached hydrogens (tertiary/aromatic N) is 2. The summed E-state index contributed by atoms with van der Waals surface area (Å²) in [7, 11) is 0. The first-order chi connectivity index (χ1) is 7.25. The van der Waals surface area contributed by atoms with Gasteiger partial charge in [-0.2, -0.15) is 5.10 Å². The van der Waals surface area contributed by atoms with E-state index in [4.69, 9.17) is 4.74 Å². The van der Waals surface area contributed by atoms with Gasteiger partial charge in [0.05, 0.1) is 11.1 Å². The zero-order valence-electron chi connectivity index (χ0n) is 7.58. The Labute approximate surface area is 84.7 Å². The maximum atomic E-state index is 10.4. The van der Waals surface area contributed by atoms with Crippen LogP contribution in [0.2, 0.25) is 0 Å². The number of hydrogen-bond donors (Lipinski definition) is 1. The molecule has 1 heterocycles. The van der Waals surface area contributed by atoms with Crippen LogP contribution < -0.4 is 4.74 Å². The lowest BCUT2D eigenvalue weighted by Crippen LogP contribution is -1.88. The van der Waals surface area contributed by atoms with Crippen molar-refractivity contribution in [3.63, 3.8) is 0 Å². The summed E-state index contributed by atoms with van der Waals surface area (Å²) < 4.78 is 5.31. The molecule has 0 aliphatic carbocycles. The van der Waals surface area contributed by atoms with Gasteiger partial charge >= 0.3 is 0 Å². The van der Waals surface area contributed by atoms with Crippen molar-refractivity contribution in [2.24, 2.45) is 0 Å². The summed E-state index contributed by atoms with van der Waals surface area (Å²) in [5, 5.41) is 16.7. The number of benzene rings is 1. The van der Waals surface area contributed by atoms with E-state index in [1.165, 1.54) is 24.3 Å². The van der Waals surface area contributed by atoms with Gasteiger partial charge in [0.1, 0.15) is 5.75 Å². The maximum absolute atomic E-state index is 10.4. The third kappa shape index (κ3) is 2.11. The van der Waals surface area contributed by atoms with E-state index in [0.717, 1.165) is 0 Å². The molecule has 0 bridgehead atoms. The van der Waals surface area contributed by atoms with E-state index in [1.54, 1.807) is 12.3 Å². The Balaban J connectivity index is 2.14. The van der Waals surface area contributed by atoms with Crippen LogP contribution >= 0.6 is 0 Å². The summed E-state index contributed by atoms with van der Waals surface area (Å²) >= 11 is 0. The largest absolute Gasteiger partial charge is 0.440 e. The van der Waals surface area contributed by atoms with E-state index in [0.29, 0.717) is 11.6 Å². The van der Waals surface area contributed by atoms with E-state index in [2.05, 4.69) is 10.2 Å². The molecule has 0 atom stereocenters. The van der Waals surface area contributed by atoms with E-state index >= 15 is 0 Å². The first-order valence-electron chi connectivity index (χ1n) is 4.17. The Kier molecular flexibility index (Phi) is 2.32. The van der Waals surface area contributed by atoms with E-state index in [9.17, 15) is 10.1 Å². The topological polar surface area (TPSA) is 81.1 Å². The van der Waals surface area contributed by atoms with Crippen LogP contribution in [0.15, 0.2) is 36.5 Å². The minimum Gasteiger partial charge on any atom is -0.440 e. The summed E-state index contributed by atoms with van der Waals surface area (Å²) in [6, 6.07) is 7.47. The Bertz CT molecular complexity index is 450. The van der Waals surface area contributed by atoms with Gasteiger partial charge in [0.15, 0.2) is 0 Å². The highest BCUT2D eigenvalue weighted by Crippen LogP contribution is 2.21. The van der Waals surface area contributed by atoms with E-state index in [-0.39, 0.29) is 5.69 Å². The fraction of sp³-hybridized carbons (Fsp3) is 0. The van der Waals surface area contributed by atoms with Crippen LogP contribution in [0.1, 0.15) is 0 Å². The summed E-state index contributed by atoms with van der Waals surface area (Å²) in [5.41, 5.74) is 0.0342. The maximum Gasteiger partial charge on any atom is 0.269 e. The van der Waals surface area contributed by atoms with Crippen LogP contribution in [0, 0.1) is 10.1 Å². The minimum atomic E-state index is -0.458. The molecule has 0 saturated heterocycles. The molecule has 6 nitrogen and oxygen atoms in total. The monoisotopic (exact) mass is 205 g/mol. The lowest BCUT2D eigenvalue weighted by molar-refractivity contribution is -0.384. The minimum absolute atomic E-state index is 0.0342. The number of nitro groups is 1. The molecule has 1 aromatic heterocycles. The fourth-order valence-electron chi connectivity index (χ4n) is 1.06. The van der Waals surface area contributed by atoms with Crippen molar-refractivity contribution < 1.29 is 9.66 Å². The Morgan fingerprint density at radius 1 is 1.27 bits per heavy atom. The van der Waals surface area contributed by atoms with Gasteiger partial charge in [-0.05, 0) is 12.1 Å². The molecule has 2 aromatic rings. The molecule has 0 spiro atoms. The van der Waals surface area contributed by atoms with Gasteiger partial charge in [-0.25, -0.2) is 5.10 Å². The molecule has 2 rings (SSSR count). The van der Waals surface area contributed by atoms with Crippen LogP contribution in [0.25, 0.3) is 0 Å². The molecule has 1 aromatic carbocycles. The van der Waals surface area contributed by atoms with Crippen LogP contribution in [0.4, 0.5) is 5.69 Å². The Morgan fingerprint density at radius 3 is 2.53 bits per heavy atom. The lowest BCUT2D eigenvalue weighted by Gasteiger charge is -2.00. The highest BCUT2D eigenvalue weighted by molar-refractivity contribution is 5.37. The number of non-ortho nitro benzene ring substituents is 1. The van der Waals surface area contributed by atoms with Gasteiger partial charge in [-0.15, -0.1) is 0 Å². The van der Waals surface area contributed by atoms with Gasteiger partial charge in [-0.1, -0.05) is 0 Å². The molecule has 0 aliphatic heterocycles. The van der Waals surface area contributed by atoms with Crippen molar-refractivity contribution in [2.45, 2.75) is 0 Å². The summed E-state index contributed by atoms with van der Waals surface area (Å²) in [4.78, 5) is 9.92. The van der Waals surface area contributed by atoms with Crippen LogP contribution in [0.3, 0.4) is 0 Å². The number of H-pyrrole nitrogens is 1. The zero-order chi connectivity index (χ0) is 10.7. The molecule has 6 heteroatoms. The second-order valence-corrected chi connectivity index (χ2v) is 2.77. The van der Waals surface area contributed by atoms with Crippen LogP contribution in [0.5, 0.6) is 11.6 Å². The number of aromatic nitrogens is 2. The van der Waals surface area contributed by atoms with E-state index < -0.39 is 4.92 Å². The number of nitrogens with one attached hydrogen (secondary N) is 1. The third-order valence-corrected chi connectivity index (χ3v) is 1.75. The van der Waals surface area contributed by atoms with Gasteiger partial charge in [-0.3, -0.25) is 10.1 Å². The summed E-state index contributed by atoms with van der Waals surface area (Å²) in [5.74, 6) is 1.01. The van der Waals surface area contributed by atoms with Crippen LogP contribution in [-0.4, -0.2) is 15.1 Å². The predicted octanol–water partition coefficient (Wildman–Crippen LogP) is 2.11. The number of rotatable bonds is 3. The molecule has 76 valence electrons. The zero-order valence-corrected chi connectivity index (χ0v) is 7.58. The van der Waals surface area contributed by atoms with Gasteiger partial charge in [0.2, 0.25) is 5.88 Å². The Hall–Kier alpha value is -2.37. The molecule has 0 unspecified atom stereocenters. The first-order valence-corrected chi connectivity index (χ1v) is 4.17. The molecule has 15 heavy (non-hydrogen) atoms. The highest BCUT2D eigenvalue weighted by atomic mass is 16.6. The molecule has 0 aliphatic rings. The predicted molar refractivity (Wildman–Crippen MR) is 51.8 cm³/mol. The van der Waals surface area contributed by atoms with Crippen molar-refractivity contribution in [2.75, 3.05) is 0 Å². The van der Waals surface area contributed by atoms with Crippen molar-refractivity contribution in [1.29, 1.82) is 0 Å². The second-order valence-electron chi connectivity index (χ2n) is 2.77. The quantitative estimate of drug-likeness (QED) is 0.614. The first kappa shape index (κ1) is 9.20. The number of aromatic amines is 1. The Morgan fingerprint density at radius 2 is 2.00 bits per heavy atom. The second kappa shape index (κ2) is 3.79. The third-order valence-electron chi connectivity index (χ3n) is 1.75. The number of hydrogen-bond acceptors (Lipinski definition) is 4. The van der Waals surface area contributed by atoms with Gasteiger partial charge in [0, 0.05) is 18.2 Å². The van der Waals surface area contributed by atoms with Gasteiger partial charge in [0.25, 0.3) is 5.69 Å². The highest BCUT2D eigenvalue weighted by Gasteiger charge is 2.04. The van der Waals surface area contributed by atoms with E-state index in [1.807, 2.05) is 0 Å². The van der Waals surface area contributed by atoms with Crippen molar-refractivity contribution in [1.82, 2.24) is 10.2 Å². The summed E-state index contributed by atoms with van der Waals surface area (Å²) in [6.07, 6.45) is 1.56. The molecular formula is C9H7N3O3. The molecule has 0 amide bonds. The number of ether oxygens (including phenoxy) is 1. The smallest absolute Gasteiger partial charge is 0.269 e. The molecule has 0 radical (unpaired) electrons. The van der Waals surface area contributed by atoms with Crippen LogP contribution in [-0.2, 0) is 0 Å². The molecule has 0 saturated carbocycles. The van der Waals surface area contributed by atoms with Crippen molar-refractivity contribution in [3.05, 3.63) is 46.6 Å². The molecule has 1 N–H and O–H groups in total. The average molecular weight is 205 g/mol. The average Bonchev–Trinajstić information content (AvgIpc) is 2.71. The van der Waals surface area contributed by atoms with Crippen molar-refractivity contribution >= 4 is 5.69 Å². The van der Waals surface area contributed by atoms with Crippen molar-refractivity contribution in [3.8, 4) is 11.6 Å². The standard InChI is InChI=1S/C9H7N3O3/c13-12(14)7-1-3-8(4-2-7)15-9-5-6-10-11-9/h1-6H,(H,10,11). The molecule has 0 fully saturated rings. The lowest BCUT2D eigenvalue weighted by atomic mass is 10.3. The normalized spacial score (nSPS) is 9.87. The van der Waals surface area contributed by atoms with Gasteiger partial charge < -0.3 is 4.74 Å². The SMILES string of the molecule is O=[N+]([O-])c1ccc(Oc2ccn[nH]2)cc1. The number of nitro benzene ring substituents is 1. The molecular weight excluding hydrogens is 198 g/mol.